The molecule has 2 N–H and O–H groups in total. The smallest absolute Gasteiger partial charge is 0.342 e. The molecule has 0 amide bonds. The highest BCUT2D eigenvalue weighted by Crippen LogP contribution is 2.20. The third kappa shape index (κ3) is 2.64. The van der Waals surface area contributed by atoms with E-state index in [4.69, 9.17) is 5.11 Å². The lowest BCUT2D eigenvalue weighted by Crippen LogP contribution is -2.20. The highest BCUT2D eigenvalue weighted by molar-refractivity contribution is 5.93. The third-order valence-electron chi connectivity index (χ3n) is 1.65. The van der Waals surface area contributed by atoms with Crippen LogP contribution in [0.4, 0.5) is 11.5 Å². The molecule has 0 unspecified atom stereocenters. The summed E-state index contributed by atoms with van der Waals surface area (Å²) in [5.74, 6) is -1.14. The molecule has 0 saturated carbocycles. The summed E-state index contributed by atoms with van der Waals surface area (Å²) in [7, 11) is 3.37. The molecule has 0 fully saturated rings. The Morgan fingerprint density at radius 3 is 2.69 bits per heavy atom. The molecule has 0 saturated heterocycles. The van der Waals surface area contributed by atoms with Crippen LogP contribution in [0.3, 0.4) is 0 Å². The number of hydrogen-bond acceptors (Lipinski definition) is 6. The van der Waals surface area contributed by atoms with Crippen molar-refractivity contribution in [1.29, 1.82) is 0 Å². The fraction of sp³-hybridized carbons (Fsp3) is 0.250. The minimum absolute atomic E-state index is 0.230. The molecule has 0 aromatic carbocycles. The Labute approximate surface area is 90.6 Å². The van der Waals surface area contributed by atoms with Gasteiger partial charge in [-0.2, -0.15) is 0 Å². The number of aromatic nitrogens is 1. The lowest BCUT2D eigenvalue weighted by Gasteiger charge is -2.12. The Hall–Kier alpha value is -2.22. The molecule has 0 atom stereocenters. The molecule has 1 heterocycles. The lowest BCUT2D eigenvalue weighted by atomic mass is 10.2. The van der Waals surface area contributed by atoms with Gasteiger partial charge in [-0.15, -0.1) is 0 Å². The van der Waals surface area contributed by atoms with Gasteiger partial charge >= 0.3 is 11.7 Å². The maximum atomic E-state index is 10.8. The van der Waals surface area contributed by atoms with Crippen molar-refractivity contribution < 1.29 is 14.8 Å². The van der Waals surface area contributed by atoms with Gasteiger partial charge in [0.2, 0.25) is 0 Å². The van der Waals surface area contributed by atoms with Crippen LogP contribution >= 0.6 is 0 Å². The number of rotatable bonds is 4. The number of carboxylic acid groups (broad SMARTS) is 1. The standard InChI is InChI=1S/C8H10N4O4/c1-11(2)10-7-3-5(8(13)14)6(4-9-7)12(15)16/h3-4H,1-2H3,(H,9,10)(H,13,14). The predicted octanol–water partition coefficient (Wildman–Crippen LogP) is 0.577. The maximum absolute atomic E-state index is 10.8. The first kappa shape index (κ1) is 11.9. The molecule has 0 radical (unpaired) electrons. The number of hydrazine groups is 1. The van der Waals surface area contributed by atoms with Crippen LogP contribution in [0.2, 0.25) is 0 Å². The minimum atomic E-state index is -1.36. The second-order valence-corrected chi connectivity index (χ2v) is 3.16. The largest absolute Gasteiger partial charge is 0.477 e. The molecule has 8 heteroatoms. The summed E-state index contributed by atoms with van der Waals surface area (Å²) in [6, 6.07) is 1.11. The van der Waals surface area contributed by atoms with Crippen molar-refractivity contribution in [3.63, 3.8) is 0 Å². The summed E-state index contributed by atoms with van der Waals surface area (Å²) in [4.78, 5) is 24.3. The second-order valence-electron chi connectivity index (χ2n) is 3.16. The zero-order valence-corrected chi connectivity index (χ0v) is 8.67. The number of nitrogens with one attached hydrogen (secondary N) is 1. The van der Waals surface area contributed by atoms with Gasteiger partial charge in [-0.1, -0.05) is 0 Å². The van der Waals surface area contributed by atoms with E-state index in [9.17, 15) is 14.9 Å². The van der Waals surface area contributed by atoms with Gasteiger partial charge in [0, 0.05) is 20.2 Å². The number of carbonyl (C=O) groups is 1. The molecule has 0 aliphatic rings. The van der Waals surface area contributed by atoms with Crippen LogP contribution < -0.4 is 5.43 Å². The maximum Gasteiger partial charge on any atom is 0.342 e. The normalized spacial score (nSPS) is 10.2. The van der Waals surface area contributed by atoms with Crippen molar-refractivity contribution in [2.24, 2.45) is 0 Å². The number of pyridine rings is 1. The molecular weight excluding hydrogens is 216 g/mol. The molecule has 0 aliphatic carbocycles. The lowest BCUT2D eigenvalue weighted by molar-refractivity contribution is -0.385. The van der Waals surface area contributed by atoms with Crippen LogP contribution in [0.15, 0.2) is 12.3 Å². The molecule has 0 spiro atoms. The fourth-order valence-corrected chi connectivity index (χ4v) is 1.06. The van der Waals surface area contributed by atoms with E-state index in [0.29, 0.717) is 0 Å². The van der Waals surface area contributed by atoms with Crippen molar-refractivity contribution in [2.75, 3.05) is 19.5 Å². The summed E-state index contributed by atoms with van der Waals surface area (Å²) in [5, 5.41) is 20.9. The van der Waals surface area contributed by atoms with Crippen LogP contribution in [-0.2, 0) is 0 Å². The van der Waals surface area contributed by atoms with E-state index in [0.717, 1.165) is 12.3 Å². The van der Waals surface area contributed by atoms with Crippen molar-refractivity contribution in [3.05, 3.63) is 27.9 Å². The van der Waals surface area contributed by atoms with Crippen LogP contribution in [-0.4, -0.2) is 40.1 Å². The summed E-state index contributed by atoms with van der Waals surface area (Å²) in [6.07, 6.45) is 0.912. The Bertz CT molecular complexity index is 432. The molecule has 16 heavy (non-hydrogen) atoms. The number of aromatic carboxylic acids is 1. The first-order chi connectivity index (χ1) is 7.41. The van der Waals surface area contributed by atoms with E-state index in [2.05, 4.69) is 10.4 Å². The zero-order valence-electron chi connectivity index (χ0n) is 8.67. The molecule has 0 bridgehead atoms. The predicted molar refractivity (Wildman–Crippen MR) is 55.2 cm³/mol. The van der Waals surface area contributed by atoms with E-state index in [1.54, 1.807) is 19.1 Å². The molecular formula is C8H10N4O4. The van der Waals surface area contributed by atoms with Gasteiger partial charge < -0.3 is 10.5 Å². The number of nitro groups is 1. The molecule has 1 rings (SSSR count). The van der Waals surface area contributed by atoms with Crippen LogP contribution in [0.25, 0.3) is 0 Å². The van der Waals surface area contributed by atoms with Gasteiger partial charge in [-0.3, -0.25) is 10.1 Å². The van der Waals surface area contributed by atoms with E-state index >= 15 is 0 Å². The minimum Gasteiger partial charge on any atom is -0.477 e. The Morgan fingerprint density at radius 2 is 2.25 bits per heavy atom. The number of hydrogen-bond donors (Lipinski definition) is 2. The summed E-state index contributed by atoms with van der Waals surface area (Å²) in [5.41, 5.74) is 1.77. The number of anilines is 1. The molecule has 1 aromatic heterocycles. The van der Waals surface area contributed by atoms with Crippen molar-refractivity contribution in [3.8, 4) is 0 Å². The Balaban J connectivity index is 3.17. The van der Waals surface area contributed by atoms with Crippen molar-refractivity contribution >= 4 is 17.5 Å². The second kappa shape index (κ2) is 4.53. The van der Waals surface area contributed by atoms with Gasteiger partial charge in [0.25, 0.3) is 0 Å². The van der Waals surface area contributed by atoms with E-state index in [-0.39, 0.29) is 5.82 Å². The van der Waals surface area contributed by atoms with Crippen LogP contribution in [0, 0.1) is 10.1 Å². The summed E-state index contributed by atoms with van der Waals surface area (Å²) < 4.78 is 0. The summed E-state index contributed by atoms with van der Waals surface area (Å²) >= 11 is 0. The average Bonchev–Trinajstić information content (AvgIpc) is 2.16. The van der Waals surface area contributed by atoms with Gasteiger partial charge in [-0.25, -0.2) is 14.8 Å². The molecule has 0 aliphatic heterocycles. The van der Waals surface area contributed by atoms with E-state index in [1.165, 1.54) is 0 Å². The topological polar surface area (TPSA) is 109 Å². The van der Waals surface area contributed by atoms with E-state index < -0.39 is 22.1 Å². The van der Waals surface area contributed by atoms with Gasteiger partial charge in [0.1, 0.15) is 17.6 Å². The van der Waals surface area contributed by atoms with Crippen molar-refractivity contribution in [2.45, 2.75) is 0 Å². The monoisotopic (exact) mass is 226 g/mol. The number of carboxylic acids is 1. The zero-order chi connectivity index (χ0) is 12.3. The van der Waals surface area contributed by atoms with Gasteiger partial charge in [0.15, 0.2) is 0 Å². The average molecular weight is 226 g/mol. The fourth-order valence-electron chi connectivity index (χ4n) is 1.06. The summed E-state index contributed by atoms with van der Waals surface area (Å²) in [6.45, 7) is 0. The van der Waals surface area contributed by atoms with Crippen LogP contribution in [0.1, 0.15) is 10.4 Å². The highest BCUT2D eigenvalue weighted by atomic mass is 16.6. The van der Waals surface area contributed by atoms with Gasteiger partial charge in [0.05, 0.1) is 4.92 Å². The molecule has 8 nitrogen and oxygen atoms in total. The Morgan fingerprint density at radius 1 is 1.62 bits per heavy atom. The highest BCUT2D eigenvalue weighted by Gasteiger charge is 2.20. The van der Waals surface area contributed by atoms with Crippen molar-refractivity contribution in [1.82, 2.24) is 9.99 Å². The SMILES string of the molecule is CN(C)Nc1cc(C(=O)O)c([N+](=O)[O-])cn1. The quantitative estimate of drug-likeness (QED) is 0.570. The first-order valence-electron chi connectivity index (χ1n) is 4.23. The Kier molecular flexibility index (Phi) is 3.36. The van der Waals surface area contributed by atoms with Crippen LogP contribution in [0.5, 0.6) is 0 Å². The van der Waals surface area contributed by atoms with Gasteiger partial charge in [-0.05, 0) is 0 Å². The molecule has 86 valence electrons. The third-order valence-corrected chi connectivity index (χ3v) is 1.65. The molecule has 1 aromatic rings. The van der Waals surface area contributed by atoms with E-state index in [1.807, 2.05) is 0 Å². The first-order valence-corrected chi connectivity index (χ1v) is 4.23. The number of nitrogens with zero attached hydrogens (tertiary/aromatic N) is 3.